The third-order valence-electron chi connectivity index (χ3n) is 7.50. The van der Waals surface area contributed by atoms with E-state index in [-0.39, 0.29) is 30.8 Å². The summed E-state index contributed by atoms with van der Waals surface area (Å²) >= 11 is 0. The van der Waals surface area contributed by atoms with Crippen LogP contribution in [0.5, 0.6) is 0 Å². The van der Waals surface area contributed by atoms with E-state index in [1.54, 1.807) is 24.3 Å². The second-order valence-corrected chi connectivity index (χ2v) is 10.6. The Labute approximate surface area is 242 Å². The van der Waals surface area contributed by atoms with Crippen molar-refractivity contribution >= 4 is 29.3 Å². The van der Waals surface area contributed by atoms with Gasteiger partial charge in [-0.3, -0.25) is 14.5 Å². The van der Waals surface area contributed by atoms with Gasteiger partial charge in [-0.05, 0) is 78.8 Å². The highest BCUT2D eigenvalue weighted by molar-refractivity contribution is 6.01. The van der Waals surface area contributed by atoms with Crippen molar-refractivity contribution in [2.45, 2.75) is 64.1 Å². The van der Waals surface area contributed by atoms with Gasteiger partial charge in [0.2, 0.25) is 0 Å². The molecule has 3 amide bonds. The molecular formula is C32H34F3N3O4. The zero-order chi connectivity index (χ0) is 30.3. The Kier molecular flexibility index (Phi) is 9.88. The summed E-state index contributed by atoms with van der Waals surface area (Å²) < 4.78 is 40.5. The normalized spacial score (nSPS) is 13.8. The predicted molar refractivity (Wildman–Crippen MR) is 155 cm³/mol. The maximum Gasteiger partial charge on any atom is 0.416 e. The lowest BCUT2D eigenvalue weighted by Crippen LogP contribution is -2.34. The van der Waals surface area contributed by atoms with Gasteiger partial charge in [0.15, 0.2) is 0 Å². The maximum atomic E-state index is 13.5. The van der Waals surface area contributed by atoms with Gasteiger partial charge in [0.25, 0.3) is 5.91 Å². The SMILES string of the molecule is Cc1ccc(NC(=O)N(Cc2ccc(C(=O)NCCC(=O)O)cc2)c2ccc(C3CCCCC3)cc2)cc1C(F)(F)F. The number of benzene rings is 3. The highest BCUT2D eigenvalue weighted by atomic mass is 19.4. The summed E-state index contributed by atoms with van der Waals surface area (Å²) in [6, 6.07) is 17.3. The van der Waals surface area contributed by atoms with Crippen LogP contribution >= 0.6 is 0 Å². The molecule has 7 nitrogen and oxygen atoms in total. The first-order valence-corrected chi connectivity index (χ1v) is 14.0. The fraction of sp³-hybridized carbons (Fsp3) is 0.344. The second-order valence-electron chi connectivity index (χ2n) is 10.6. The van der Waals surface area contributed by atoms with Crippen molar-refractivity contribution in [2.75, 3.05) is 16.8 Å². The Bertz CT molecular complexity index is 1400. The highest BCUT2D eigenvalue weighted by Crippen LogP contribution is 2.35. The molecule has 0 unspecified atom stereocenters. The second kappa shape index (κ2) is 13.5. The number of urea groups is 1. The number of carboxylic acids is 1. The summed E-state index contributed by atoms with van der Waals surface area (Å²) in [6.45, 7) is 1.45. The van der Waals surface area contributed by atoms with E-state index in [4.69, 9.17) is 5.11 Å². The van der Waals surface area contributed by atoms with Gasteiger partial charge in [-0.25, -0.2) is 4.79 Å². The van der Waals surface area contributed by atoms with Crippen molar-refractivity contribution in [3.05, 3.63) is 94.5 Å². The van der Waals surface area contributed by atoms with Crippen molar-refractivity contribution in [3.8, 4) is 0 Å². The molecule has 0 radical (unpaired) electrons. The van der Waals surface area contributed by atoms with Gasteiger partial charge in [0, 0.05) is 23.5 Å². The van der Waals surface area contributed by atoms with Crippen molar-refractivity contribution in [1.82, 2.24) is 5.32 Å². The van der Waals surface area contributed by atoms with Crippen LogP contribution < -0.4 is 15.5 Å². The fourth-order valence-electron chi connectivity index (χ4n) is 5.17. The van der Waals surface area contributed by atoms with Crippen LogP contribution in [0.2, 0.25) is 0 Å². The number of hydrogen-bond acceptors (Lipinski definition) is 3. The molecule has 0 heterocycles. The molecule has 1 fully saturated rings. The Balaban J connectivity index is 1.56. The van der Waals surface area contributed by atoms with E-state index in [9.17, 15) is 27.6 Å². The van der Waals surface area contributed by atoms with Crippen molar-refractivity contribution in [2.24, 2.45) is 0 Å². The molecule has 3 aromatic carbocycles. The van der Waals surface area contributed by atoms with Crippen LogP contribution in [-0.2, 0) is 17.5 Å². The molecule has 0 atom stereocenters. The number of aliphatic carboxylic acids is 1. The maximum absolute atomic E-state index is 13.5. The molecule has 1 saturated carbocycles. The third-order valence-corrected chi connectivity index (χ3v) is 7.50. The summed E-state index contributed by atoms with van der Waals surface area (Å²) in [4.78, 5) is 38.0. The van der Waals surface area contributed by atoms with E-state index < -0.39 is 29.6 Å². The van der Waals surface area contributed by atoms with E-state index >= 15 is 0 Å². The number of carbonyl (C=O) groups excluding carboxylic acids is 2. The smallest absolute Gasteiger partial charge is 0.416 e. The largest absolute Gasteiger partial charge is 0.481 e. The van der Waals surface area contributed by atoms with E-state index in [0.29, 0.717) is 22.7 Å². The average Bonchev–Trinajstić information content (AvgIpc) is 2.97. The minimum Gasteiger partial charge on any atom is -0.481 e. The number of aryl methyl sites for hydroxylation is 1. The number of anilines is 2. The quantitative estimate of drug-likeness (QED) is 0.244. The zero-order valence-corrected chi connectivity index (χ0v) is 23.3. The van der Waals surface area contributed by atoms with Gasteiger partial charge >= 0.3 is 18.2 Å². The Morgan fingerprint density at radius 1 is 0.929 bits per heavy atom. The van der Waals surface area contributed by atoms with Gasteiger partial charge in [-0.1, -0.05) is 49.6 Å². The number of nitrogens with zero attached hydrogens (tertiary/aromatic N) is 1. The number of nitrogens with one attached hydrogen (secondary N) is 2. The van der Waals surface area contributed by atoms with Crippen LogP contribution in [0.1, 0.15) is 77.1 Å². The highest BCUT2D eigenvalue weighted by Gasteiger charge is 2.32. The third kappa shape index (κ3) is 8.11. The fourth-order valence-corrected chi connectivity index (χ4v) is 5.17. The van der Waals surface area contributed by atoms with E-state index in [0.717, 1.165) is 18.9 Å². The number of alkyl halides is 3. The number of amides is 3. The summed E-state index contributed by atoms with van der Waals surface area (Å²) in [5, 5.41) is 13.9. The molecule has 4 rings (SSSR count). The van der Waals surface area contributed by atoms with Crippen LogP contribution in [0.4, 0.5) is 29.3 Å². The molecule has 0 bridgehead atoms. The number of hydrogen-bond donors (Lipinski definition) is 3. The molecule has 0 spiro atoms. The predicted octanol–water partition coefficient (Wildman–Crippen LogP) is 7.50. The van der Waals surface area contributed by atoms with Crippen LogP contribution in [0.25, 0.3) is 0 Å². The van der Waals surface area contributed by atoms with Crippen LogP contribution in [0, 0.1) is 6.92 Å². The molecule has 3 aromatic rings. The van der Waals surface area contributed by atoms with E-state index in [1.165, 1.54) is 48.8 Å². The lowest BCUT2D eigenvalue weighted by molar-refractivity contribution is -0.138. The Hall–Kier alpha value is -4.34. The summed E-state index contributed by atoms with van der Waals surface area (Å²) in [6.07, 6.45) is 1.10. The topological polar surface area (TPSA) is 98.7 Å². The van der Waals surface area contributed by atoms with E-state index in [2.05, 4.69) is 10.6 Å². The monoisotopic (exact) mass is 581 g/mol. The molecule has 1 aliphatic carbocycles. The van der Waals surface area contributed by atoms with Crippen LogP contribution in [0.15, 0.2) is 66.7 Å². The lowest BCUT2D eigenvalue weighted by atomic mass is 9.84. The van der Waals surface area contributed by atoms with Crippen molar-refractivity contribution < 1.29 is 32.7 Å². The average molecular weight is 582 g/mol. The molecule has 1 aliphatic rings. The molecule has 42 heavy (non-hydrogen) atoms. The minimum absolute atomic E-state index is 0.00418. The minimum atomic E-state index is -4.55. The standard InChI is InChI=1S/C32H34F3N3O4/c1-21-7-14-26(19-28(21)32(33,34)35)37-31(42)38(27-15-12-24(13-16-27)23-5-3-2-4-6-23)20-22-8-10-25(11-9-22)30(41)36-18-17-29(39)40/h7-16,19,23H,2-6,17-18,20H2,1H3,(H,36,41)(H,37,42)(H,39,40). The first-order chi connectivity index (χ1) is 20.0. The summed E-state index contributed by atoms with van der Waals surface area (Å²) in [5.74, 6) is -0.968. The summed E-state index contributed by atoms with van der Waals surface area (Å²) in [5.41, 5.74) is 2.05. The van der Waals surface area contributed by atoms with E-state index in [1.807, 2.05) is 24.3 Å². The van der Waals surface area contributed by atoms with Crippen molar-refractivity contribution in [1.29, 1.82) is 0 Å². The van der Waals surface area contributed by atoms with Crippen molar-refractivity contribution in [3.63, 3.8) is 0 Å². The number of carboxylic acid groups (broad SMARTS) is 1. The van der Waals surface area contributed by atoms with Crippen LogP contribution in [-0.4, -0.2) is 29.6 Å². The first-order valence-electron chi connectivity index (χ1n) is 14.0. The Morgan fingerprint density at radius 2 is 1.60 bits per heavy atom. The number of halogens is 3. The molecule has 0 aliphatic heterocycles. The molecule has 3 N–H and O–H groups in total. The molecule has 222 valence electrons. The van der Waals surface area contributed by atoms with Gasteiger partial charge in [0.1, 0.15) is 0 Å². The van der Waals surface area contributed by atoms with Gasteiger partial charge < -0.3 is 15.7 Å². The molecule has 0 aromatic heterocycles. The van der Waals surface area contributed by atoms with Gasteiger partial charge in [-0.2, -0.15) is 13.2 Å². The number of rotatable bonds is 9. The molecular weight excluding hydrogens is 547 g/mol. The van der Waals surface area contributed by atoms with Gasteiger partial charge in [-0.15, -0.1) is 0 Å². The first kappa shape index (κ1) is 30.6. The molecule has 10 heteroatoms. The summed E-state index contributed by atoms with van der Waals surface area (Å²) in [7, 11) is 0. The Morgan fingerprint density at radius 3 is 2.21 bits per heavy atom. The lowest BCUT2D eigenvalue weighted by Gasteiger charge is -2.26. The zero-order valence-electron chi connectivity index (χ0n) is 23.3. The van der Waals surface area contributed by atoms with Gasteiger partial charge in [0.05, 0.1) is 18.5 Å². The van der Waals surface area contributed by atoms with Crippen LogP contribution in [0.3, 0.4) is 0 Å². The number of carbonyl (C=O) groups is 3. The molecule has 0 saturated heterocycles.